The Morgan fingerprint density at radius 1 is 0.783 bits per heavy atom. The van der Waals surface area contributed by atoms with Crippen LogP contribution in [0.4, 0.5) is 0 Å². The molecule has 1 aliphatic heterocycles. The summed E-state index contributed by atoms with van der Waals surface area (Å²) < 4.78 is 12.5. The lowest BCUT2D eigenvalue weighted by atomic mass is 9.69. The maximum atomic E-state index is 13.5. The molecule has 2 aliphatic rings. The van der Waals surface area contributed by atoms with Crippen LogP contribution in [0.1, 0.15) is 131 Å². The molecule has 4 heteroatoms. The van der Waals surface area contributed by atoms with Gasteiger partial charge in [-0.1, -0.05) is 110 Å². The van der Waals surface area contributed by atoms with Gasteiger partial charge in [0.15, 0.2) is 5.60 Å². The predicted octanol–water partition coefficient (Wildman–Crippen LogP) is 10.3. The first-order chi connectivity index (χ1) is 21.1. The van der Waals surface area contributed by atoms with Gasteiger partial charge in [-0.05, 0) is 97.6 Å². The highest BCUT2D eigenvalue weighted by Gasteiger charge is 2.52. The van der Waals surface area contributed by atoms with Crippen molar-refractivity contribution < 1.29 is 19.1 Å². The molecule has 1 heterocycles. The van der Waals surface area contributed by atoms with Gasteiger partial charge in [0.05, 0.1) is 11.0 Å². The van der Waals surface area contributed by atoms with E-state index in [1.807, 2.05) is 57.2 Å². The standard InChI is InChI=1S/C42H52O4/c1-26-13-16-35-32(19-26)36(43)46-42(35)33-17-14-28(20-27(2)40(9,10)24-38(3,4)5)21-29(33)22-30-23-31(15-18-34(30)42)45-37(44)41(11,12)25-39(6,7)8/h13-19,21,23H,2,20,22,24-25H2,1,3-12H3. The summed E-state index contributed by atoms with van der Waals surface area (Å²) in [5.74, 6) is -0.0651. The van der Waals surface area contributed by atoms with E-state index in [1.54, 1.807) is 0 Å². The predicted molar refractivity (Wildman–Crippen MR) is 186 cm³/mol. The van der Waals surface area contributed by atoms with E-state index in [0.29, 0.717) is 24.2 Å². The number of hydrogen-bond acceptors (Lipinski definition) is 4. The van der Waals surface area contributed by atoms with E-state index in [1.165, 1.54) is 11.1 Å². The lowest BCUT2D eigenvalue weighted by Crippen LogP contribution is -2.35. The normalized spacial score (nSPS) is 17.7. The number of hydrogen-bond donors (Lipinski definition) is 0. The highest BCUT2D eigenvalue weighted by Crippen LogP contribution is 2.53. The van der Waals surface area contributed by atoms with Crippen LogP contribution < -0.4 is 4.74 Å². The van der Waals surface area contributed by atoms with Gasteiger partial charge in [-0.15, -0.1) is 0 Å². The summed E-state index contributed by atoms with van der Waals surface area (Å²) in [6.45, 7) is 28.2. The molecule has 0 amide bonds. The van der Waals surface area contributed by atoms with E-state index < -0.39 is 11.0 Å². The molecular formula is C42H52O4. The van der Waals surface area contributed by atoms with Gasteiger partial charge < -0.3 is 9.47 Å². The second kappa shape index (κ2) is 11.2. The summed E-state index contributed by atoms with van der Waals surface area (Å²) in [6.07, 6.45) is 3.15. The Balaban J connectivity index is 1.58. The molecule has 5 rings (SSSR count). The van der Waals surface area contributed by atoms with Gasteiger partial charge in [0.2, 0.25) is 0 Å². The lowest BCUT2D eigenvalue weighted by Gasteiger charge is -2.38. The topological polar surface area (TPSA) is 52.6 Å². The molecule has 0 saturated carbocycles. The molecule has 4 nitrogen and oxygen atoms in total. The van der Waals surface area contributed by atoms with E-state index in [2.05, 4.69) is 80.2 Å². The highest BCUT2D eigenvalue weighted by atomic mass is 16.6. The van der Waals surface area contributed by atoms with Gasteiger partial charge in [0, 0.05) is 16.7 Å². The third-order valence-electron chi connectivity index (χ3n) is 9.49. The number of allylic oxidation sites excluding steroid dienone is 1. The number of benzene rings is 3. The van der Waals surface area contributed by atoms with E-state index >= 15 is 0 Å². The summed E-state index contributed by atoms with van der Waals surface area (Å²) in [7, 11) is 0. The van der Waals surface area contributed by atoms with Gasteiger partial charge in [0.1, 0.15) is 5.75 Å². The zero-order chi connectivity index (χ0) is 34.0. The first-order valence-corrected chi connectivity index (χ1v) is 16.6. The molecular weight excluding hydrogens is 568 g/mol. The molecule has 3 aromatic rings. The molecule has 0 saturated heterocycles. The molecule has 1 aliphatic carbocycles. The van der Waals surface area contributed by atoms with E-state index in [-0.39, 0.29) is 28.2 Å². The molecule has 3 aromatic carbocycles. The van der Waals surface area contributed by atoms with Crippen molar-refractivity contribution in [2.24, 2.45) is 21.7 Å². The highest BCUT2D eigenvalue weighted by molar-refractivity contribution is 5.97. The molecule has 0 fully saturated rings. The van der Waals surface area contributed by atoms with Crippen molar-refractivity contribution >= 4 is 11.9 Å². The zero-order valence-corrected chi connectivity index (χ0v) is 29.9. The van der Waals surface area contributed by atoms with Crippen LogP contribution in [0.2, 0.25) is 0 Å². The minimum Gasteiger partial charge on any atom is -0.441 e. The summed E-state index contributed by atoms with van der Waals surface area (Å²) in [4.78, 5) is 26.9. The molecule has 46 heavy (non-hydrogen) atoms. The largest absolute Gasteiger partial charge is 0.441 e. The summed E-state index contributed by atoms with van der Waals surface area (Å²) in [5.41, 5.74) is 7.27. The Morgan fingerprint density at radius 3 is 1.98 bits per heavy atom. The molecule has 0 aromatic heterocycles. The average Bonchev–Trinajstić information content (AvgIpc) is 3.17. The maximum absolute atomic E-state index is 13.5. The van der Waals surface area contributed by atoms with Gasteiger partial charge in [-0.25, -0.2) is 4.79 Å². The zero-order valence-electron chi connectivity index (χ0n) is 29.9. The molecule has 1 atom stereocenters. The number of fused-ring (bicyclic) bond motifs is 6. The SMILES string of the molecule is C=C(Cc1ccc2c(c1)Cc1cc(OC(=O)C(C)(C)CC(C)(C)C)ccc1C21OC(=O)c2cc(C)ccc21)C(C)(C)CC(C)(C)C. The Kier molecular flexibility index (Phi) is 8.24. The van der Waals surface area contributed by atoms with Crippen molar-refractivity contribution in [1.29, 1.82) is 0 Å². The van der Waals surface area contributed by atoms with Gasteiger partial charge in [-0.3, -0.25) is 4.79 Å². The van der Waals surface area contributed by atoms with Crippen LogP contribution in [-0.4, -0.2) is 11.9 Å². The van der Waals surface area contributed by atoms with Crippen molar-refractivity contribution in [3.8, 4) is 5.75 Å². The van der Waals surface area contributed by atoms with Crippen LogP contribution in [0.3, 0.4) is 0 Å². The van der Waals surface area contributed by atoms with Crippen LogP contribution in [0.5, 0.6) is 5.75 Å². The lowest BCUT2D eigenvalue weighted by molar-refractivity contribution is -0.145. The summed E-state index contributed by atoms with van der Waals surface area (Å²) in [6, 6.07) is 18.3. The van der Waals surface area contributed by atoms with Crippen LogP contribution in [0.25, 0.3) is 0 Å². The van der Waals surface area contributed by atoms with Gasteiger partial charge in [0.25, 0.3) is 0 Å². The Hall–Kier alpha value is -3.66. The molecule has 1 spiro atoms. The van der Waals surface area contributed by atoms with Crippen LogP contribution >= 0.6 is 0 Å². The number of aryl methyl sites for hydroxylation is 1. The smallest absolute Gasteiger partial charge is 0.340 e. The fourth-order valence-corrected chi connectivity index (χ4v) is 8.08. The van der Waals surface area contributed by atoms with E-state index in [9.17, 15) is 9.59 Å². The minimum absolute atomic E-state index is 0.0146. The molecule has 0 bridgehead atoms. The third kappa shape index (κ3) is 6.46. The number of ether oxygens (including phenoxy) is 2. The number of carbonyl (C=O) groups is 2. The number of rotatable bonds is 7. The first-order valence-electron chi connectivity index (χ1n) is 16.6. The fourth-order valence-electron chi connectivity index (χ4n) is 8.08. The quantitative estimate of drug-likeness (QED) is 0.150. The Morgan fingerprint density at radius 2 is 1.35 bits per heavy atom. The number of carbonyl (C=O) groups excluding carboxylic acids is 2. The Labute approximate surface area is 276 Å². The number of esters is 2. The molecule has 244 valence electrons. The van der Waals surface area contributed by atoms with Crippen molar-refractivity contribution in [3.63, 3.8) is 0 Å². The summed E-state index contributed by atoms with van der Waals surface area (Å²) >= 11 is 0. The second-order valence-corrected chi connectivity index (χ2v) is 17.5. The van der Waals surface area contributed by atoms with Gasteiger partial charge >= 0.3 is 11.9 Å². The maximum Gasteiger partial charge on any atom is 0.340 e. The molecule has 0 N–H and O–H groups in total. The fraction of sp³-hybridized carbons (Fsp3) is 0.476. The van der Waals surface area contributed by atoms with Crippen molar-refractivity contribution in [3.05, 3.63) is 111 Å². The summed E-state index contributed by atoms with van der Waals surface area (Å²) in [5, 5.41) is 0. The van der Waals surface area contributed by atoms with E-state index in [4.69, 9.17) is 9.47 Å². The van der Waals surface area contributed by atoms with Crippen LogP contribution in [0, 0.1) is 28.6 Å². The minimum atomic E-state index is -1.07. The second-order valence-electron chi connectivity index (χ2n) is 17.5. The first kappa shape index (κ1) is 33.7. The van der Waals surface area contributed by atoms with Crippen molar-refractivity contribution in [2.75, 3.05) is 0 Å². The van der Waals surface area contributed by atoms with Crippen LogP contribution in [-0.2, 0) is 28.0 Å². The molecule has 1 unspecified atom stereocenters. The van der Waals surface area contributed by atoms with Crippen LogP contribution in [0.15, 0.2) is 66.7 Å². The van der Waals surface area contributed by atoms with E-state index in [0.717, 1.165) is 46.2 Å². The van der Waals surface area contributed by atoms with Crippen molar-refractivity contribution in [1.82, 2.24) is 0 Å². The van der Waals surface area contributed by atoms with Crippen molar-refractivity contribution in [2.45, 2.75) is 107 Å². The third-order valence-corrected chi connectivity index (χ3v) is 9.49. The average molecular weight is 621 g/mol. The monoisotopic (exact) mass is 620 g/mol. The Bertz CT molecular complexity index is 1630. The van der Waals surface area contributed by atoms with Gasteiger partial charge in [-0.2, -0.15) is 0 Å². The molecule has 0 radical (unpaired) electrons.